The Morgan fingerprint density at radius 2 is 1.66 bits per heavy atom. The quantitative estimate of drug-likeness (QED) is 0.505. The molecule has 0 heterocycles. The van der Waals surface area contributed by atoms with Gasteiger partial charge in [-0.25, -0.2) is 8.42 Å². The number of carbonyl (C=O) groups excluding carboxylic acids is 2. The van der Waals surface area contributed by atoms with Crippen molar-refractivity contribution in [3.05, 3.63) is 64.7 Å². The molecule has 0 saturated carbocycles. The second kappa shape index (κ2) is 12.2. The van der Waals surface area contributed by atoms with Crippen LogP contribution in [0.5, 0.6) is 0 Å². The lowest BCUT2D eigenvalue weighted by atomic mass is 10.1. The van der Waals surface area contributed by atoms with Gasteiger partial charge in [0.2, 0.25) is 21.8 Å². The van der Waals surface area contributed by atoms with Crippen LogP contribution in [0.2, 0.25) is 0 Å². The minimum Gasteiger partial charge on any atom is -0.354 e. The predicted octanol–water partition coefficient (Wildman–Crippen LogP) is 3.96. The Balaban J connectivity index is 2.45. The number of aryl methyl sites for hydroxylation is 3. The molecule has 1 N–H and O–H groups in total. The SMILES string of the molecule is CC[C@@H](C(=O)NCC(C)C)N(Cc1cccc(C)c1)C(=O)CN(c1ccc(C)cc1C)S(C)(=O)=O. The molecule has 0 aliphatic rings. The van der Waals surface area contributed by atoms with Crippen LogP contribution in [0.1, 0.15) is 49.4 Å². The lowest BCUT2D eigenvalue weighted by Gasteiger charge is -2.33. The second-order valence-electron chi connectivity index (χ2n) is 9.63. The summed E-state index contributed by atoms with van der Waals surface area (Å²) in [5.74, 6) is -0.398. The van der Waals surface area contributed by atoms with Crippen molar-refractivity contribution in [3.8, 4) is 0 Å². The third-order valence-corrected chi connectivity index (χ3v) is 6.93. The Bertz CT molecular complexity index is 1140. The van der Waals surface area contributed by atoms with Crippen molar-refractivity contribution in [2.45, 2.75) is 60.5 Å². The molecule has 1 atom stereocenters. The standard InChI is InChI=1S/C27H39N3O4S/c1-8-24(27(32)28-16-19(2)3)29(17-23-11-9-10-20(4)15-23)26(31)18-30(35(7,33)34)25-13-12-21(5)14-22(25)6/h9-15,19,24H,8,16-18H2,1-7H3,(H,28,32)/t24-/m0/s1. The van der Waals surface area contributed by atoms with Crippen LogP contribution in [0.3, 0.4) is 0 Å². The van der Waals surface area contributed by atoms with E-state index in [1.165, 1.54) is 4.90 Å². The monoisotopic (exact) mass is 501 g/mol. The highest BCUT2D eigenvalue weighted by molar-refractivity contribution is 7.92. The van der Waals surface area contributed by atoms with Crippen molar-refractivity contribution in [1.82, 2.24) is 10.2 Å². The van der Waals surface area contributed by atoms with E-state index in [1.807, 2.05) is 77.9 Å². The molecule has 0 fully saturated rings. The lowest BCUT2D eigenvalue weighted by Crippen LogP contribution is -2.52. The van der Waals surface area contributed by atoms with Gasteiger partial charge in [-0.2, -0.15) is 0 Å². The molecular formula is C27H39N3O4S. The van der Waals surface area contributed by atoms with Gasteiger partial charge in [0.15, 0.2) is 0 Å². The highest BCUT2D eigenvalue weighted by atomic mass is 32.2. The van der Waals surface area contributed by atoms with Gasteiger partial charge in [-0.05, 0) is 50.3 Å². The number of anilines is 1. The van der Waals surface area contributed by atoms with Crippen molar-refractivity contribution in [1.29, 1.82) is 0 Å². The average Bonchev–Trinajstić information content (AvgIpc) is 2.75. The summed E-state index contributed by atoms with van der Waals surface area (Å²) in [6.45, 7) is 11.9. The third kappa shape index (κ3) is 8.09. The van der Waals surface area contributed by atoms with Crippen molar-refractivity contribution >= 4 is 27.5 Å². The molecule has 0 aliphatic heterocycles. The fourth-order valence-electron chi connectivity index (χ4n) is 4.03. The number of rotatable bonds is 11. The highest BCUT2D eigenvalue weighted by Crippen LogP contribution is 2.24. The van der Waals surface area contributed by atoms with Crippen LogP contribution in [0.15, 0.2) is 42.5 Å². The maximum Gasteiger partial charge on any atom is 0.244 e. The molecule has 0 unspecified atom stereocenters. The van der Waals surface area contributed by atoms with Gasteiger partial charge < -0.3 is 10.2 Å². The zero-order chi connectivity index (χ0) is 26.3. The Hall–Kier alpha value is -2.87. The van der Waals surface area contributed by atoms with Gasteiger partial charge in [-0.15, -0.1) is 0 Å². The van der Waals surface area contributed by atoms with Crippen molar-refractivity contribution in [3.63, 3.8) is 0 Å². The molecule has 2 aromatic carbocycles. The first-order valence-corrected chi connectivity index (χ1v) is 13.9. The highest BCUT2D eigenvalue weighted by Gasteiger charge is 2.32. The number of nitrogens with zero attached hydrogens (tertiary/aromatic N) is 2. The summed E-state index contributed by atoms with van der Waals surface area (Å²) in [5, 5.41) is 2.93. The minimum atomic E-state index is -3.75. The molecule has 2 aromatic rings. The molecule has 192 valence electrons. The van der Waals surface area contributed by atoms with E-state index in [2.05, 4.69) is 5.32 Å². The first-order valence-electron chi connectivity index (χ1n) is 12.0. The Kier molecular flexibility index (Phi) is 9.89. The van der Waals surface area contributed by atoms with Crippen LogP contribution in [-0.2, 0) is 26.2 Å². The van der Waals surface area contributed by atoms with Gasteiger partial charge in [0.1, 0.15) is 12.6 Å². The maximum atomic E-state index is 13.7. The van der Waals surface area contributed by atoms with Crippen LogP contribution < -0.4 is 9.62 Å². The Labute approximate surface area is 210 Å². The van der Waals surface area contributed by atoms with E-state index in [0.717, 1.165) is 32.8 Å². The molecule has 0 spiro atoms. The molecular weight excluding hydrogens is 462 g/mol. The van der Waals surface area contributed by atoms with Crippen LogP contribution >= 0.6 is 0 Å². The molecule has 0 aromatic heterocycles. The van der Waals surface area contributed by atoms with Crippen molar-refractivity contribution in [2.75, 3.05) is 23.7 Å². The summed E-state index contributed by atoms with van der Waals surface area (Å²) in [6, 6.07) is 12.5. The molecule has 2 rings (SSSR count). The van der Waals surface area contributed by atoms with Gasteiger partial charge in [0, 0.05) is 13.1 Å². The molecule has 0 radical (unpaired) electrons. The smallest absolute Gasteiger partial charge is 0.244 e. The fraction of sp³-hybridized carbons (Fsp3) is 0.481. The normalized spacial score (nSPS) is 12.3. The van der Waals surface area contributed by atoms with E-state index in [-0.39, 0.29) is 24.9 Å². The van der Waals surface area contributed by atoms with E-state index in [4.69, 9.17) is 0 Å². The second-order valence-corrected chi connectivity index (χ2v) is 11.5. The lowest BCUT2D eigenvalue weighted by molar-refractivity contribution is -0.140. The summed E-state index contributed by atoms with van der Waals surface area (Å²) in [7, 11) is -3.75. The fourth-order valence-corrected chi connectivity index (χ4v) is 4.94. The molecule has 2 amide bonds. The van der Waals surface area contributed by atoms with Gasteiger partial charge in [0.05, 0.1) is 11.9 Å². The van der Waals surface area contributed by atoms with E-state index in [0.29, 0.717) is 18.7 Å². The number of nitrogens with one attached hydrogen (secondary N) is 1. The molecule has 0 bridgehead atoms. The van der Waals surface area contributed by atoms with Gasteiger partial charge in [-0.1, -0.05) is 68.3 Å². The maximum absolute atomic E-state index is 13.7. The van der Waals surface area contributed by atoms with E-state index in [9.17, 15) is 18.0 Å². The average molecular weight is 502 g/mol. The Morgan fingerprint density at radius 3 is 2.20 bits per heavy atom. The number of carbonyl (C=O) groups is 2. The number of amides is 2. The van der Waals surface area contributed by atoms with Crippen LogP contribution in [-0.4, -0.2) is 50.5 Å². The molecule has 0 saturated heterocycles. The van der Waals surface area contributed by atoms with E-state index < -0.39 is 22.0 Å². The summed E-state index contributed by atoms with van der Waals surface area (Å²) >= 11 is 0. The largest absolute Gasteiger partial charge is 0.354 e. The summed E-state index contributed by atoms with van der Waals surface area (Å²) in [4.78, 5) is 28.3. The van der Waals surface area contributed by atoms with Crippen LogP contribution in [0.25, 0.3) is 0 Å². The molecule has 8 heteroatoms. The Morgan fingerprint density at radius 1 is 1.00 bits per heavy atom. The number of benzene rings is 2. The number of hydrogen-bond donors (Lipinski definition) is 1. The van der Waals surface area contributed by atoms with Gasteiger partial charge in [-0.3, -0.25) is 13.9 Å². The zero-order valence-corrected chi connectivity index (χ0v) is 22.8. The number of hydrogen-bond acceptors (Lipinski definition) is 4. The van der Waals surface area contributed by atoms with Crippen molar-refractivity contribution < 1.29 is 18.0 Å². The summed E-state index contributed by atoms with van der Waals surface area (Å²) in [5.41, 5.74) is 4.14. The third-order valence-electron chi connectivity index (χ3n) is 5.81. The summed E-state index contributed by atoms with van der Waals surface area (Å²) in [6.07, 6.45) is 1.50. The first-order chi connectivity index (χ1) is 16.3. The zero-order valence-electron chi connectivity index (χ0n) is 22.0. The molecule has 0 aliphatic carbocycles. The summed E-state index contributed by atoms with van der Waals surface area (Å²) < 4.78 is 26.6. The van der Waals surface area contributed by atoms with Gasteiger partial charge >= 0.3 is 0 Å². The minimum absolute atomic E-state index is 0.207. The number of sulfonamides is 1. The molecule has 7 nitrogen and oxygen atoms in total. The van der Waals surface area contributed by atoms with Gasteiger partial charge in [0.25, 0.3) is 0 Å². The van der Waals surface area contributed by atoms with Crippen LogP contribution in [0.4, 0.5) is 5.69 Å². The topological polar surface area (TPSA) is 86.8 Å². The van der Waals surface area contributed by atoms with Crippen LogP contribution in [0, 0.1) is 26.7 Å². The predicted molar refractivity (Wildman–Crippen MR) is 142 cm³/mol. The van der Waals surface area contributed by atoms with E-state index in [1.54, 1.807) is 6.07 Å². The first kappa shape index (κ1) is 28.4. The van der Waals surface area contributed by atoms with Crippen molar-refractivity contribution in [2.24, 2.45) is 5.92 Å². The molecule has 35 heavy (non-hydrogen) atoms. The van der Waals surface area contributed by atoms with E-state index >= 15 is 0 Å².